The first-order valence-corrected chi connectivity index (χ1v) is 9.56. The summed E-state index contributed by atoms with van der Waals surface area (Å²) >= 11 is 5.82. The Morgan fingerprint density at radius 3 is 2.60 bits per heavy atom. The number of ether oxygens (including phenoxy) is 1. The predicted octanol–water partition coefficient (Wildman–Crippen LogP) is 3.54. The molecule has 1 saturated carbocycles. The van der Waals surface area contributed by atoms with E-state index in [2.05, 4.69) is 10.6 Å². The molecule has 2 aliphatic rings. The van der Waals surface area contributed by atoms with Crippen molar-refractivity contribution in [3.8, 4) is 0 Å². The Hall–Kier alpha value is -1.17. The van der Waals surface area contributed by atoms with Crippen LogP contribution in [0.2, 0.25) is 5.02 Å². The number of rotatable bonds is 6. The summed E-state index contributed by atoms with van der Waals surface area (Å²) in [6.45, 7) is 2.86. The Kier molecular flexibility index (Phi) is 6.68. The Bertz CT molecular complexity index is 565. The third kappa shape index (κ3) is 5.66. The minimum atomic E-state index is -0.488. The Morgan fingerprint density at radius 2 is 1.92 bits per heavy atom. The molecule has 1 aliphatic carbocycles. The number of carbonyl (C=O) groups is 1. The van der Waals surface area contributed by atoms with Gasteiger partial charge in [-0.2, -0.15) is 0 Å². The fourth-order valence-electron chi connectivity index (χ4n) is 3.70. The van der Waals surface area contributed by atoms with Gasteiger partial charge in [0.1, 0.15) is 5.82 Å². The standard InChI is InChI=1S/C19H26ClFN2O2/c20-15-9-14(10-16(21)11-15)19(24)23-18-3-1-17(2-4-18)22-7-5-13-6-8-25-12-13/h9-11,13,17-18,22H,1-8,12H2,(H,23,24)/t13-,17?,18?/m0/s1. The number of amides is 1. The Labute approximate surface area is 153 Å². The molecule has 138 valence electrons. The fourth-order valence-corrected chi connectivity index (χ4v) is 3.92. The first-order chi connectivity index (χ1) is 12.1. The van der Waals surface area contributed by atoms with E-state index in [4.69, 9.17) is 16.3 Å². The molecular weight excluding hydrogens is 343 g/mol. The van der Waals surface area contributed by atoms with Crippen molar-refractivity contribution in [1.29, 1.82) is 0 Å². The van der Waals surface area contributed by atoms with Crippen LogP contribution in [0.3, 0.4) is 0 Å². The van der Waals surface area contributed by atoms with Crippen molar-refractivity contribution in [3.63, 3.8) is 0 Å². The van der Waals surface area contributed by atoms with Crippen molar-refractivity contribution in [1.82, 2.24) is 10.6 Å². The van der Waals surface area contributed by atoms with Crippen LogP contribution >= 0.6 is 11.6 Å². The maximum Gasteiger partial charge on any atom is 0.251 e. The maximum atomic E-state index is 13.4. The molecule has 1 aromatic rings. The second-order valence-electron chi connectivity index (χ2n) is 7.15. The molecule has 1 atom stereocenters. The van der Waals surface area contributed by atoms with E-state index in [1.807, 2.05) is 0 Å². The van der Waals surface area contributed by atoms with E-state index < -0.39 is 5.82 Å². The van der Waals surface area contributed by atoms with Gasteiger partial charge in [-0.25, -0.2) is 4.39 Å². The van der Waals surface area contributed by atoms with E-state index in [1.165, 1.54) is 31.0 Å². The molecule has 0 aromatic heterocycles. The van der Waals surface area contributed by atoms with Crippen LogP contribution in [0.25, 0.3) is 0 Å². The summed E-state index contributed by atoms with van der Waals surface area (Å²) in [6.07, 6.45) is 6.35. The van der Waals surface area contributed by atoms with E-state index in [-0.39, 0.29) is 22.5 Å². The van der Waals surface area contributed by atoms with Crippen LogP contribution < -0.4 is 10.6 Å². The fraction of sp³-hybridized carbons (Fsp3) is 0.632. The SMILES string of the molecule is O=C(NC1CCC(NCC[C@H]2CCOC2)CC1)c1cc(F)cc(Cl)c1. The summed E-state index contributed by atoms with van der Waals surface area (Å²) < 4.78 is 18.8. The van der Waals surface area contributed by atoms with Gasteiger partial charge in [0.05, 0.1) is 0 Å². The van der Waals surface area contributed by atoms with E-state index >= 15 is 0 Å². The summed E-state index contributed by atoms with van der Waals surface area (Å²) in [5.74, 6) is -0.0292. The minimum absolute atomic E-state index is 0.149. The lowest BCUT2D eigenvalue weighted by atomic mass is 9.90. The van der Waals surface area contributed by atoms with Gasteiger partial charge in [0.2, 0.25) is 0 Å². The molecule has 1 aromatic carbocycles. The average Bonchev–Trinajstić information content (AvgIpc) is 3.09. The molecule has 3 rings (SSSR count). The molecule has 6 heteroatoms. The van der Waals surface area contributed by atoms with Gasteiger partial charge in [-0.1, -0.05) is 11.6 Å². The second-order valence-corrected chi connectivity index (χ2v) is 7.59. The highest BCUT2D eigenvalue weighted by Crippen LogP contribution is 2.21. The number of hydrogen-bond acceptors (Lipinski definition) is 3. The van der Waals surface area contributed by atoms with Crippen LogP contribution in [0.4, 0.5) is 4.39 Å². The molecule has 0 radical (unpaired) electrons. The zero-order valence-electron chi connectivity index (χ0n) is 14.4. The number of nitrogens with one attached hydrogen (secondary N) is 2. The van der Waals surface area contributed by atoms with Crippen LogP contribution in [0.5, 0.6) is 0 Å². The monoisotopic (exact) mass is 368 g/mol. The quantitative estimate of drug-likeness (QED) is 0.807. The lowest BCUT2D eigenvalue weighted by Gasteiger charge is -2.30. The van der Waals surface area contributed by atoms with Crippen molar-refractivity contribution < 1.29 is 13.9 Å². The van der Waals surface area contributed by atoms with Crippen molar-refractivity contribution in [2.45, 2.75) is 50.6 Å². The molecule has 0 bridgehead atoms. The third-order valence-corrected chi connectivity index (χ3v) is 5.41. The van der Waals surface area contributed by atoms with Gasteiger partial charge >= 0.3 is 0 Å². The van der Waals surface area contributed by atoms with Gasteiger partial charge in [0.25, 0.3) is 5.91 Å². The molecule has 0 spiro atoms. The van der Waals surface area contributed by atoms with Gasteiger partial charge in [-0.05, 0) is 69.2 Å². The van der Waals surface area contributed by atoms with E-state index in [1.54, 1.807) is 0 Å². The molecule has 2 N–H and O–H groups in total. The smallest absolute Gasteiger partial charge is 0.251 e. The Morgan fingerprint density at radius 1 is 1.16 bits per heavy atom. The van der Waals surface area contributed by atoms with Gasteiger partial charge in [0.15, 0.2) is 0 Å². The molecule has 25 heavy (non-hydrogen) atoms. The van der Waals surface area contributed by atoms with Crippen LogP contribution in [-0.4, -0.2) is 37.7 Å². The van der Waals surface area contributed by atoms with E-state index in [0.29, 0.717) is 12.0 Å². The molecule has 1 amide bonds. The molecule has 1 aliphatic heterocycles. The first kappa shape index (κ1) is 18.6. The molecule has 2 fully saturated rings. The maximum absolute atomic E-state index is 13.4. The van der Waals surface area contributed by atoms with Gasteiger partial charge in [-0.3, -0.25) is 4.79 Å². The third-order valence-electron chi connectivity index (χ3n) is 5.20. The highest BCUT2D eigenvalue weighted by Gasteiger charge is 2.23. The van der Waals surface area contributed by atoms with Crippen LogP contribution in [0, 0.1) is 11.7 Å². The molecular formula is C19H26ClFN2O2. The topological polar surface area (TPSA) is 50.4 Å². The van der Waals surface area contributed by atoms with Crippen molar-refractivity contribution in [3.05, 3.63) is 34.6 Å². The number of carbonyl (C=O) groups excluding carboxylic acids is 1. The summed E-state index contributed by atoms with van der Waals surface area (Å²) in [5.41, 5.74) is 0.282. The lowest BCUT2D eigenvalue weighted by Crippen LogP contribution is -2.42. The summed E-state index contributed by atoms with van der Waals surface area (Å²) in [7, 11) is 0. The summed E-state index contributed by atoms with van der Waals surface area (Å²) in [5, 5.41) is 6.88. The lowest BCUT2D eigenvalue weighted by molar-refractivity contribution is 0.0923. The van der Waals surface area contributed by atoms with Crippen LogP contribution in [-0.2, 0) is 4.74 Å². The van der Waals surface area contributed by atoms with Crippen molar-refractivity contribution >= 4 is 17.5 Å². The second kappa shape index (κ2) is 8.97. The highest BCUT2D eigenvalue weighted by molar-refractivity contribution is 6.31. The molecule has 1 heterocycles. The average molecular weight is 369 g/mol. The number of benzene rings is 1. The number of hydrogen-bond donors (Lipinski definition) is 2. The number of halogens is 2. The van der Waals surface area contributed by atoms with Crippen LogP contribution in [0.1, 0.15) is 48.9 Å². The van der Waals surface area contributed by atoms with Crippen molar-refractivity contribution in [2.24, 2.45) is 5.92 Å². The highest BCUT2D eigenvalue weighted by atomic mass is 35.5. The zero-order valence-corrected chi connectivity index (χ0v) is 15.2. The normalized spacial score (nSPS) is 26.6. The largest absolute Gasteiger partial charge is 0.381 e. The molecule has 4 nitrogen and oxygen atoms in total. The van der Waals surface area contributed by atoms with Gasteiger partial charge < -0.3 is 15.4 Å². The van der Waals surface area contributed by atoms with Gasteiger partial charge in [-0.15, -0.1) is 0 Å². The van der Waals surface area contributed by atoms with E-state index in [0.717, 1.165) is 45.4 Å². The summed E-state index contributed by atoms with van der Waals surface area (Å²) in [6, 6.07) is 4.60. The van der Waals surface area contributed by atoms with E-state index in [9.17, 15) is 9.18 Å². The summed E-state index contributed by atoms with van der Waals surface area (Å²) in [4.78, 5) is 12.3. The van der Waals surface area contributed by atoms with Crippen LogP contribution in [0.15, 0.2) is 18.2 Å². The first-order valence-electron chi connectivity index (χ1n) is 9.18. The van der Waals surface area contributed by atoms with Gasteiger partial charge in [0, 0.05) is 35.9 Å². The molecule has 0 unspecified atom stereocenters. The molecule has 1 saturated heterocycles. The van der Waals surface area contributed by atoms with Crippen molar-refractivity contribution in [2.75, 3.05) is 19.8 Å². The predicted molar refractivity (Wildman–Crippen MR) is 96.5 cm³/mol. The Balaban J connectivity index is 1.37. The minimum Gasteiger partial charge on any atom is -0.381 e. The zero-order chi connectivity index (χ0) is 17.6.